The molecule has 0 radical (unpaired) electrons. The van der Waals surface area contributed by atoms with Crippen molar-refractivity contribution in [2.75, 3.05) is 37.6 Å². The molecule has 2 aliphatic heterocycles. The van der Waals surface area contributed by atoms with Gasteiger partial charge < -0.3 is 19.4 Å². The van der Waals surface area contributed by atoms with Crippen LogP contribution in [0.25, 0.3) is 0 Å². The van der Waals surface area contributed by atoms with E-state index in [1.807, 2.05) is 48.8 Å². The molecule has 0 spiro atoms. The molecule has 0 unspecified atom stereocenters. The summed E-state index contributed by atoms with van der Waals surface area (Å²) < 4.78 is 5.46. The number of rotatable bonds is 2. The lowest BCUT2D eigenvalue weighted by Gasteiger charge is -2.39. The van der Waals surface area contributed by atoms with Gasteiger partial charge in [-0.3, -0.25) is 9.59 Å². The summed E-state index contributed by atoms with van der Waals surface area (Å²) in [6.07, 6.45) is 4.04. The molecule has 174 valence electrons. The highest BCUT2D eigenvalue weighted by atomic mass is 16.6. The van der Waals surface area contributed by atoms with Crippen molar-refractivity contribution in [1.82, 2.24) is 9.80 Å². The van der Waals surface area contributed by atoms with Crippen LogP contribution in [0.3, 0.4) is 0 Å². The van der Waals surface area contributed by atoms with E-state index < -0.39 is 5.60 Å². The van der Waals surface area contributed by atoms with Crippen LogP contribution in [-0.2, 0) is 20.7 Å². The van der Waals surface area contributed by atoms with Crippen molar-refractivity contribution in [2.45, 2.75) is 58.5 Å². The van der Waals surface area contributed by atoms with Crippen LogP contribution < -0.4 is 4.90 Å². The summed E-state index contributed by atoms with van der Waals surface area (Å²) >= 11 is 0. The maximum atomic E-state index is 13.5. The Kier molecular flexibility index (Phi) is 6.45. The van der Waals surface area contributed by atoms with Crippen molar-refractivity contribution in [3.63, 3.8) is 0 Å². The molecular formula is C25H35N3O4. The summed E-state index contributed by atoms with van der Waals surface area (Å²) in [5, 5.41) is 0. The van der Waals surface area contributed by atoms with Gasteiger partial charge in [0.25, 0.3) is 0 Å². The second-order valence-corrected chi connectivity index (χ2v) is 10.2. The van der Waals surface area contributed by atoms with E-state index in [9.17, 15) is 14.4 Å². The van der Waals surface area contributed by atoms with Gasteiger partial charge in [0.1, 0.15) is 5.60 Å². The molecule has 3 aliphatic rings. The van der Waals surface area contributed by atoms with Gasteiger partial charge in [-0.2, -0.15) is 0 Å². The predicted molar refractivity (Wildman–Crippen MR) is 122 cm³/mol. The van der Waals surface area contributed by atoms with Gasteiger partial charge >= 0.3 is 6.09 Å². The van der Waals surface area contributed by atoms with Crippen molar-refractivity contribution >= 4 is 23.6 Å². The van der Waals surface area contributed by atoms with Gasteiger partial charge in [0.15, 0.2) is 0 Å². The Labute approximate surface area is 190 Å². The topological polar surface area (TPSA) is 70.2 Å². The first-order valence-corrected chi connectivity index (χ1v) is 11.9. The number of carbonyl (C=O) groups excluding carboxylic acids is 3. The molecule has 1 aliphatic carbocycles. The van der Waals surface area contributed by atoms with E-state index >= 15 is 0 Å². The number of amides is 3. The molecule has 3 amide bonds. The minimum Gasteiger partial charge on any atom is -0.444 e. The zero-order valence-electron chi connectivity index (χ0n) is 19.5. The molecule has 1 aromatic carbocycles. The second-order valence-electron chi connectivity index (χ2n) is 10.2. The molecule has 2 atom stereocenters. The van der Waals surface area contributed by atoms with Gasteiger partial charge in [-0.1, -0.05) is 31.0 Å². The first-order valence-electron chi connectivity index (χ1n) is 11.9. The summed E-state index contributed by atoms with van der Waals surface area (Å²) in [6.45, 7) is 8.15. The van der Waals surface area contributed by atoms with Gasteiger partial charge in [-0.25, -0.2) is 4.79 Å². The molecular weight excluding hydrogens is 406 g/mol. The van der Waals surface area contributed by atoms with Crippen molar-refractivity contribution in [3.8, 4) is 0 Å². The Morgan fingerprint density at radius 1 is 0.844 bits per heavy atom. The van der Waals surface area contributed by atoms with E-state index in [4.69, 9.17) is 4.74 Å². The number of hydrogen-bond acceptors (Lipinski definition) is 4. The number of para-hydroxylation sites is 1. The lowest BCUT2D eigenvalue weighted by Crippen LogP contribution is -2.54. The van der Waals surface area contributed by atoms with Crippen LogP contribution in [0.1, 0.15) is 52.0 Å². The Balaban J connectivity index is 1.40. The summed E-state index contributed by atoms with van der Waals surface area (Å²) in [6, 6.07) is 8.07. The normalized spacial score (nSPS) is 23.7. The molecule has 1 saturated heterocycles. The number of carbonyl (C=O) groups is 3. The van der Waals surface area contributed by atoms with Crippen LogP contribution in [0.5, 0.6) is 0 Å². The van der Waals surface area contributed by atoms with Gasteiger partial charge in [-0.15, -0.1) is 0 Å². The molecule has 2 heterocycles. The Morgan fingerprint density at radius 3 is 2.09 bits per heavy atom. The lowest BCUT2D eigenvalue weighted by atomic mass is 9.77. The van der Waals surface area contributed by atoms with Crippen LogP contribution in [-0.4, -0.2) is 66.0 Å². The van der Waals surface area contributed by atoms with Crippen LogP contribution in [0, 0.1) is 11.8 Å². The summed E-state index contributed by atoms with van der Waals surface area (Å²) in [4.78, 5) is 44.7. The lowest BCUT2D eigenvalue weighted by molar-refractivity contribution is -0.144. The highest BCUT2D eigenvalue weighted by Crippen LogP contribution is 2.36. The maximum absolute atomic E-state index is 13.5. The number of ether oxygens (including phenoxy) is 1. The monoisotopic (exact) mass is 441 g/mol. The van der Waals surface area contributed by atoms with Crippen LogP contribution in [0.15, 0.2) is 24.3 Å². The van der Waals surface area contributed by atoms with Crippen molar-refractivity contribution in [2.24, 2.45) is 11.8 Å². The summed E-state index contributed by atoms with van der Waals surface area (Å²) in [7, 11) is 0. The average molecular weight is 442 g/mol. The van der Waals surface area contributed by atoms with Gasteiger partial charge in [0, 0.05) is 44.3 Å². The quantitative estimate of drug-likeness (QED) is 0.705. The molecule has 0 bridgehead atoms. The number of hydrogen-bond donors (Lipinski definition) is 0. The molecule has 1 saturated carbocycles. The van der Waals surface area contributed by atoms with E-state index in [-0.39, 0.29) is 29.7 Å². The third-order valence-electron chi connectivity index (χ3n) is 6.80. The first kappa shape index (κ1) is 22.6. The number of benzene rings is 1. The molecule has 7 heteroatoms. The van der Waals surface area contributed by atoms with E-state index in [0.717, 1.165) is 37.8 Å². The van der Waals surface area contributed by atoms with Crippen molar-refractivity contribution < 1.29 is 19.1 Å². The fraction of sp³-hybridized carbons (Fsp3) is 0.640. The van der Waals surface area contributed by atoms with E-state index in [2.05, 4.69) is 6.07 Å². The van der Waals surface area contributed by atoms with Gasteiger partial charge in [0.05, 0.1) is 5.92 Å². The Morgan fingerprint density at radius 2 is 1.44 bits per heavy atom. The van der Waals surface area contributed by atoms with Gasteiger partial charge in [0.2, 0.25) is 11.8 Å². The molecule has 4 rings (SSSR count). The molecule has 7 nitrogen and oxygen atoms in total. The number of anilines is 1. The van der Waals surface area contributed by atoms with Crippen LogP contribution in [0.4, 0.5) is 10.5 Å². The zero-order valence-corrected chi connectivity index (χ0v) is 19.5. The second kappa shape index (κ2) is 9.12. The van der Waals surface area contributed by atoms with Crippen molar-refractivity contribution in [1.29, 1.82) is 0 Å². The first-order chi connectivity index (χ1) is 15.2. The third-order valence-corrected chi connectivity index (χ3v) is 6.80. The van der Waals surface area contributed by atoms with Crippen LogP contribution >= 0.6 is 0 Å². The number of piperazine rings is 1. The molecule has 1 aromatic rings. The molecule has 2 fully saturated rings. The largest absolute Gasteiger partial charge is 0.444 e. The smallest absolute Gasteiger partial charge is 0.410 e. The van der Waals surface area contributed by atoms with Crippen molar-refractivity contribution in [3.05, 3.63) is 29.8 Å². The van der Waals surface area contributed by atoms with Gasteiger partial charge in [-0.05, 0) is 51.7 Å². The van der Waals surface area contributed by atoms with E-state index in [1.165, 1.54) is 5.56 Å². The van der Waals surface area contributed by atoms with E-state index in [0.29, 0.717) is 32.7 Å². The average Bonchev–Trinajstić information content (AvgIpc) is 3.21. The SMILES string of the molecule is CC(C)(C)OC(=O)N1CCN(C(=O)[C@H]2CCCC[C@H]2C(=O)N2CCc3ccccc32)CC1. The minimum absolute atomic E-state index is 0.0689. The minimum atomic E-state index is -0.534. The number of fused-ring (bicyclic) bond motifs is 1. The Bertz CT molecular complexity index is 870. The highest BCUT2D eigenvalue weighted by Gasteiger charge is 2.41. The Hall–Kier alpha value is -2.57. The van der Waals surface area contributed by atoms with E-state index in [1.54, 1.807) is 4.90 Å². The molecule has 0 N–H and O–H groups in total. The fourth-order valence-corrected chi connectivity index (χ4v) is 5.16. The maximum Gasteiger partial charge on any atom is 0.410 e. The number of nitrogens with zero attached hydrogens (tertiary/aromatic N) is 3. The standard InChI is InChI=1S/C25H35N3O4/c1-25(2,3)32-24(31)27-16-14-26(15-17-27)22(29)19-9-5-6-10-20(19)23(30)28-13-12-18-8-4-7-11-21(18)28/h4,7-8,11,19-20H,5-6,9-10,12-17H2,1-3H3/t19-,20+/m0/s1. The summed E-state index contributed by atoms with van der Waals surface area (Å²) in [5.74, 6) is -0.358. The predicted octanol–water partition coefficient (Wildman–Crippen LogP) is 3.46. The summed E-state index contributed by atoms with van der Waals surface area (Å²) in [5.41, 5.74) is 1.67. The third kappa shape index (κ3) is 4.76. The molecule has 0 aromatic heterocycles. The molecule has 32 heavy (non-hydrogen) atoms. The fourth-order valence-electron chi connectivity index (χ4n) is 5.16. The highest BCUT2D eigenvalue weighted by molar-refractivity contribution is 5.99. The van der Waals surface area contributed by atoms with Crippen LogP contribution in [0.2, 0.25) is 0 Å². The zero-order chi connectivity index (χ0) is 22.9.